The van der Waals surface area contributed by atoms with Crippen LogP contribution >= 0.6 is 11.8 Å². The first-order valence-corrected chi connectivity index (χ1v) is 10.3. The maximum atomic E-state index is 12.4. The second-order valence-corrected chi connectivity index (χ2v) is 8.55. The summed E-state index contributed by atoms with van der Waals surface area (Å²) in [7, 11) is 0. The van der Waals surface area contributed by atoms with E-state index in [4.69, 9.17) is 0 Å². The van der Waals surface area contributed by atoms with Crippen LogP contribution in [-0.2, 0) is 16.8 Å². The molecule has 0 radical (unpaired) electrons. The van der Waals surface area contributed by atoms with E-state index in [-0.39, 0.29) is 17.1 Å². The lowest BCUT2D eigenvalue weighted by Gasteiger charge is -2.19. The molecule has 0 aliphatic rings. The van der Waals surface area contributed by atoms with E-state index in [1.54, 1.807) is 18.5 Å². The molecule has 29 heavy (non-hydrogen) atoms. The highest BCUT2D eigenvalue weighted by Gasteiger charge is 2.16. The van der Waals surface area contributed by atoms with Crippen LogP contribution in [0.3, 0.4) is 0 Å². The third kappa shape index (κ3) is 5.32. The predicted octanol–water partition coefficient (Wildman–Crippen LogP) is 4.55. The van der Waals surface area contributed by atoms with Gasteiger partial charge in [0.05, 0.1) is 5.75 Å². The molecule has 1 aromatic carbocycles. The van der Waals surface area contributed by atoms with Gasteiger partial charge >= 0.3 is 0 Å². The van der Waals surface area contributed by atoms with Crippen LogP contribution in [0.4, 0.5) is 5.69 Å². The maximum Gasteiger partial charge on any atom is 0.234 e. The zero-order valence-electron chi connectivity index (χ0n) is 16.9. The molecule has 0 aliphatic heterocycles. The number of benzene rings is 1. The normalized spacial score (nSPS) is 11.3. The minimum atomic E-state index is -0.0860. The van der Waals surface area contributed by atoms with Gasteiger partial charge in [0.25, 0.3) is 0 Å². The summed E-state index contributed by atoms with van der Waals surface area (Å²) in [5.41, 5.74) is 3.02. The Balaban J connectivity index is 1.66. The van der Waals surface area contributed by atoms with Gasteiger partial charge < -0.3 is 5.32 Å². The largest absolute Gasteiger partial charge is 0.325 e. The summed E-state index contributed by atoms with van der Waals surface area (Å²) >= 11 is 1.35. The molecule has 3 aromatic rings. The monoisotopic (exact) mass is 407 g/mol. The van der Waals surface area contributed by atoms with E-state index in [0.29, 0.717) is 11.7 Å². The first-order valence-electron chi connectivity index (χ1n) is 9.36. The summed E-state index contributed by atoms with van der Waals surface area (Å²) in [6.45, 7) is 10.9. The number of hydrogen-bond acceptors (Lipinski definition) is 5. The molecule has 2 heterocycles. The van der Waals surface area contributed by atoms with Crippen molar-refractivity contribution >= 4 is 23.4 Å². The molecule has 150 valence electrons. The van der Waals surface area contributed by atoms with Gasteiger partial charge in [-0.25, -0.2) is 0 Å². The topological polar surface area (TPSA) is 72.7 Å². The van der Waals surface area contributed by atoms with Crippen LogP contribution in [0.15, 0.2) is 66.6 Å². The predicted molar refractivity (Wildman–Crippen MR) is 118 cm³/mol. The Kier molecular flexibility index (Phi) is 6.49. The molecular weight excluding hydrogens is 382 g/mol. The van der Waals surface area contributed by atoms with Crippen molar-refractivity contribution in [3.8, 4) is 11.4 Å². The SMILES string of the molecule is C=CCn1c(SCC(=O)Nc2ccc(C(C)(C)C)cc2)nnc1-c1ccncc1. The van der Waals surface area contributed by atoms with Crippen LogP contribution in [0.1, 0.15) is 26.3 Å². The first-order chi connectivity index (χ1) is 13.9. The lowest BCUT2D eigenvalue weighted by Crippen LogP contribution is -2.15. The summed E-state index contributed by atoms with van der Waals surface area (Å²) in [5.74, 6) is 0.886. The van der Waals surface area contributed by atoms with Crippen molar-refractivity contribution in [3.05, 3.63) is 67.0 Å². The van der Waals surface area contributed by atoms with E-state index in [0.717, 1.165) is 17.1 Å². The van der Waals surface area contributed by atoms with E-state index in [1.165, 1.54) is 17.3 Å². The smallest absolute Gasteiger partial charge is 0.234 e. The molecule has 0 saturated carbocycles. The van der Waals surface area contributed by atoms with Crippen LogP contribution in [0.25, 0.3) is 11.4 Å². The van der Waals surface area contributed by atoms with Gasteiger partial charge in [0.1, 0.15) is 0 Å². The van der Waals surface area contributed by atoms with Crippen molar-refractivity contribution in [2.24, 2.45) is 0 Å². The third-order valence-electron chi connectivity index (χ3n) is 4.33. The number of amides is 1. The van der Waals surface area contributed by atoms with E-state index in [9.17, 15) is 4.79 Å². The molecule has 0 fully saturated rings. The Bertz CT molecular complexity index is 975. The second kappa shape index (κ2) is 9.05. The average Bonchev–Trinajstić information content (AvgIpc) is 3.10. The Morgan fingerprint density at radius 3 is 2.45 bits per heavy atom. The number of hydrogen-bond donors (Lipinski definition) is 1. The molecule has 7 heteroatoms. The Labute approximate surface area is 175 Å². The number of allylic oxidation sites excluding steroid dienone is 1. The Hall–Kier alpha value is -2.93. The van der Waals surface area contributed by atoms with Gasteiger partial charge in [-0.05, 0) is 35.2 Å². The highest BCUT2D eigenvalue weighted by Crippen LogP contribution is 2.25. The molecule has 0 saturated heterocycles. The van der Waals surface area contributed by atoms with E-state index in [1.807, 2.05) is 41.0 Å². The van der Waals surface area contributed by atoms with Crippen molar-refractivity contribution < 1.29 is 4.79 Å². The molecule has 2 aromatic heterocycles. The summed E-state index contributed by atoms with van der Waals surface area (Å²) in [6.07, 6.45) is 5.22. The summed E-state index contributed by atoms with van der Waals surface area (Å²) in [4.78, 5) is 16.4. The summed E-state index contributed by atoms with van der Waals surface area (Å²) in [6, 6.07) is 11.7. The molecule has 0 bridgehead atoms. The number of nitrogens with zero attached hydrogens (tertiary/aromatic N) is 4. The molecule has 0 aliphatic carbocycles. The summed E-state index contributed by atoms with van der Waals surface area (Å²) in [5, 5.41) is 12.2. The molecule has 6 nitrogen and oxygen atoms in total. The van der Waals surface area contributed by atoms with Gasteiger partial charge in [-0.15, -0.1) is 16.8 Å². The van der Waals surface area contributed by atoms with Gasteiger partial charge in [-0.3, -0.25) is 14.3 Å². The van der Waals surface area contributed by atoms with E-state index >= 15 is 0 Å². The number of nitrogens with one attached hydrogen (secondary N) is 1. The second-order valence-electron chi connectivity index (χ2n) is 7.61. The molecule has 1 amide bonds. The van der Waals surface area contributed by atoms with Crippen molar-refractivity contribution in [2.75, 3.05) is 11.1 Å². The van der Waals surface area contributed by atoms with Gasteiger partial charge in [-0.2, -0.15) is 0 Å². The number of carbonyl (C=O) groups is 1. The van der Waals surface area contributed by atoms with Gasteiger partial charge in [0, 0.05) is 30.2 Å². The number of carbonyl (C=O) groups excluding carboxylic acids is 1. The minimum Gasteiger partial charge on any atom is -0.325 e. The number of thioether (sulfide) groups is 1. The van der Waals surface area contributed by atoms with Crippen molar-refractivity contribution in [2.45, 2.75) is 37.9 Å². The minimum absolute atomic E-state index is 0.0835. The number of aromatic nitrogens is 4. The van der Waals surface area contributed by atoms with Crippen molar-refractivity contribution in [3.63, 3.8) is 0 Å². The lowest BCUT2D eigenvalue weighted by molar-refractivity contribution is -0.113. The highest BCUT2D eigenvalue weighted by atomic mass is 32.2. The van der Waals surface area contributed by atoms with Crippen LogP contribution < -0.4 is 5.32 Å². The van der Waals surface area contributed by atoms with Gasteiger partial charge in [-0.1, -0.05) is 50.7 Å². The molecule has 0 spiro atoms. The molecule has 3 rings (SSSR count). The zero-order valence-corrected chi connectivity index (χ0v) is 17.7. The number of pyridine rings is 1. The quantitative estimate of drug-likeness (QED) is 0.459. The van der Waals surface area contributed by atoms with Crippen LogP contribution in [0.5, 0.6) is 0 Å². The lowest BCUT2D eigenvalue weighted by atomic mass is 9.87. The maximum absolute atomic E-state index is 12.4. The van der Waals surface area contributed by atoms with Crippen molar-refractivity contribution in [1.82, 2.24) is 19.7 Å². The average molecular weight is 408 g/mol. The Morgan fingerprint density at radius 2 is 1.83 bits per heavy atom. The fraction of sp³-hybridized carbons (Fsp3) is 0.273. The molecule has 0 unspecified atom stereocenters. The van der Waals surface area contributed by atoms with Crippen LogP contribution in [0, 0.1) is 0 Å². The summed E-state index contributed by atoms with van der Waals surface area (Å²) < 4.78 is 1.94. The van der Waals surface area contributed by atoms with Crippen molar-refractivity contribution in [1.29, 1.82) is 0 Å². The van der Waals surface area contributed by atoms with Crippen LogP contribution in [0.2, 0.25) is 0 Å². The highest BCUT2D eigenvalue weighted by molar-refractivity contribution is 7.99. The Morgan fingerprint density at radius 1 is 1.14 bits per heavy atom. The standard InChI is InChI=1S/C22H25N5OS/c1-5-14-27-20(16-10-12-23-13-11-16)25-26-21(27)29-15-19(28)24-18-8-6-17(7-9-18)22(2,3)4/h5-13H,1,14-15H2,2-4H3,(H,24,28). The van der Waals surface area contributed by atoms with Gasteiger partial charge in [0.2, 0.25) is 5.91 Å². The third-order valence-corrected chi connectivity index (χ3v) is 5.30. The van der Waals surface area contributed by atoms with E-state index < -0.39 is 0 Å². The first kappa shape index (κ1) is 20.8. The molecule has 0 atom stereocenters. The fourth-order valence-corrected chi connectivity index (χ4v) is 3.53. The number of rotatable bonds is 7. The van der Waals surface area contributed by atoms with Gasteiger partial charge in [0.15, 0.2) is 11.0 Å². The fourth-order valence-electron chi connectivity index (χ4n) is 2.78. The zero-order chi connectivity index (χ0) is 20.9. The number of anilines is 1. The molecular formula is C22H25N5OS. The van der Waals surface area contributed by atoms with E-state index in [2.05, 4.69) is 47.8 Å². The molecule has 1 N–H and O–H groups in total. The van der Waals surface area contributed by atoms with Crippen LogP contribution in [-0.4, -0.2) is 31.4 Å².